The van der Waals surface area contributed by atoms with Gasteiger partial charge in [0.2, 0.25) is 0 Å². The number of halogens is 1. The topological polar surface area (TPSA) is 33.0 Å². The highest BCUT2D eigenvalue weighted by Crippen LogP contribution is 2.20. The van der Waals surface area contributed by atoms with Gasteiger partial charge in [0, 0.05) is 12.2 Å². The van der Waals surface area contributed by atoms with Crippen molar-refractivity contribution in [1.82, 2.24) is 0 Å². The van der Waals surface area contributed by atoms with E-state index >= 15 is 0 Å². The summed E-state index contributed by atoms with van der Waals surface area (Å²) in [6, 6.07) is 9.35. The lowest BCUT2D eigenvalue weighted by molar-refractivity contribution is 0.0590. The molecule has 3 heteroatoms. The van der Waals surface area contributed by atoms with Crippen LogP contribution in [0.3, 0.4) is 0 Å². The smallest absolute Gasteiger partial charge is 0.131 e. The third-order valence-electron chi connectivity index (χ3n) is 2.62. The van der Waals surface area contributed by atoms with Crippen LogP contribution in [0, 0.1) is 23.2 Å². The molecule has 0 unspecified atom stereocenters. The first-order chi connectivity index (χ1) is 8.29. The molecule has 86 valence electrons. The lowest BCUT2D eigenvalue weighted by Crippen LogP contribution is -2.28. The van der Waals surface area contributed by atoms with Crippen molar-refractivity contribution in [3.05, 3.63) is 35.4 Å². The molecule has 0 N–H and O–H groups in total. The average Bonchev–Trinajstić information content (AvgIpc) is 2.38. The van der Waals surface area contributed by atoms with E-state index in [0.29, 0.717) is 10.4 Å². The number of alkyl halides is 1. The molecule has 0 amide bonds. The van der Waals surface area contributed by atoms with E-state index in [-0.39, 0.29) is 6.10 Å². The molecule has 1 aromatic carbocycles. The van der Waals surface area contributed by atoms with Gasteiger partial charge in [0.15, 0.2) is 0 Å². The summed E-state index contributed by atoms with van der Waals surface area (Å²) in [5.74, 6) is 6.20. The Kier molecular flexibility index (Phi) is 4.20. The molecular weight excluding hydrogens is 278 g/mol. The molecule has 0 radical (unpaired) electrons. The molecule has 0 spiro atoms. The van der Waals surface area contributed by atoms with Crippen molar-refractivity contribution in [1.29, 1.82) is 5.26 Å². The number of nitrogens with zero attached hydrogens (tertiary/aromatic N) is 1. The second kappa shape index (κ2) is 5.87. The van der Waals surface area contributed by atoms with E-state index in [1.165, 1.54) is 0 Å². The summed E-state index contributed by atoms with van der Waals surface area (Å²) in [4.78, 5) is 0.321. The summed E-state index contributed by atoms with van der Waals surface area (Å²) in [6.07, 6.45) is 2.16. The number of rotatable bonds is 0. The van der Waals surface area contributed by atoms with Gasteiger partial charge in [0.05, 0.1) is 16.5 Å². The van der Waals surface area contributed by atoms with Crippen molar-refractivity contribution < 1.29 is 4.74 Å². The van der Waals surface area contributed by atoms with Crippen LogP contribution in [0.2, 0.25) is 0 Å². The summed E-state index contributed by atoms with van der Waals surface area (Å²) < 4.78 is 5.58. The van der Waals surface area contributed by atoms with Crippen LogP contribution in [0.15, 0.2) is 24.3 Å². The van der Waals surface area contributed by atoms with E-state index in [9.17, 15) is 0 Å². The first-order valence-corrected chi connectivity index (χ1v) is 6.48. The van der Waals surface area contributed by atoms with E-state index in [2.05, 4.69) is 33.8 Å². The summed E-state index contributed by atoms with van der Waals surface area (Å²) >= 11 is 3.58. The monoisotopic (exact) mass is 289 g/mol. The largest absolute Gasteiger partial charge is 0.364 e. The zero-order valence-electron chi connectivity index (χ0n) is 9.32. The van der Waals surface area contributed by atoms with Gasteiger partial charge >= 0.3 is 0 Å². The maximum absolute atomic E-state index is 8.68. The Bertz CT molecular complexity index is 478. The molecule has 1 aliphatic heterocycles. The normalized spacial score (nSPS) is 23.3. The molecule has 0 bridgehead atoms. The molecule has 2 rings (SSSR count). The number of nitriles is 1. The van der Waals surface area contributed by atoms with Crippen LogP contribution in [-0.4, -0.2) is 17.5 Å². The van der Waals surface area contributed by atoms with Crippen molar-refractivity contribution in [3.8, 4) is 17.9 Å². The van der Waals surface area contributed by atoms with Crippen molar-refractivity contribution in [2.24, 2.45) is 0 Å². The Morgan fingerprint density at radius 1 is 1.24 bits per heavy atom. The Balaban J connectivity index is 2.07. The van der Waals surface area contributed by atoms with Gasteiger partial charge in [0.1, 0.15) is 6.10 Å². The SMILES string of the molecule is N#Cc1ccc(C#C[C@H]2OCCC[C@@H]2Br)cc1. The number of ether oxygens (including phenoxy) is 1. The zero-order chi connectivity index (χ0) is 12.1. The Morgan fingerprint density at radius 3 is 2.59 bits per heavy atom. The molecule has 2 atom stereocenters. The average molecular weight is 290 g/mol. The molecule has 1 aromatic rings. The minimum Gasteiger partial charge on any atom is -0.364 e. The quantitative estimate of drug-likeness (QED) is 0.544. The standard InChI is InChI=1S/C14H12BrNO/c15-13-2-1-9-17-14(13)8-7-11-3-5-12(10-16)6-4-11/h3-6,13-14H,1-2,9H2/t13-,14+/m0/s1. The van der Waals surface area contributed by atoms with Crippen LogP contribution in [0.4, 0.5) is 0 Å². The predicted molar refractivity (Wildman–Crippen MR) is 69.7 cm³/mol. The lowest BCUT2D eigenvalue weighted by atomic mass is 10.1. The van der Waals surface area contributed by atoms with Crippen LogP contribution < -0.4 is 0 Å². The van der Waals surface area contributed by atoms with Gasteiger partial charge in [-0.05, 0) is 37.1 Å². The third kappa shape index (κ3) is 3.33. The molecule has 1 saturated heterocycles. The van der Waals surface area contributed by atoms with E-state index in [1.54, 1.807) is 12.1 Å². The van der Waals surface area contributed by atoms with Crippen LogP contribution in [0.25, 0.3) is 0 Å². The van der Waals surface area contributed by atoms with Gasteiger partial charge in [-0.25, -0.2) is 0 Å². The van der Waals surface area contributed by atoms with E-state index in [0.717, 1.165) is 25.0 Å². The Hall–Kier alpha value is -1.29. The summed E-state index contributed by atoms with van der Waals surface area (Å²) in [6.45, 7) is 0.787. The van der Waals surface area contributed by atoms with Gasteiger partial charge in [0.25, 0.3) is 0 Å². The predicted octanol–water partition coefficient (Wildman–Crippen LogP) is 2.85. The maximum atomic E-state index is 8.68. The van der Waals surface area contributed by atoms with E-state index < -0.39 is 0 Å². The molecular formula is C14H12BrNO. The highest BCUT2D eigenvalue weighted by atomic mass is 79.9. The van der Waals surface area contributed by atoms with Gasteiger partial charge in [-0.3, -0.25) is 0 Å². The molecule has 0 aliphatic carbocycles. The molecule has 2 nitrogen and oxygen atoms in total. The fourth-order valence-electron chi connectivity index (χ4n) is 1.66. The molecule has 17 heavy (non-hydrogen) atoms. The molecule has 0 aromatic heterocycles. The first kappa shape index (κ1) is 12.2. The van der Waals surface area contributed by atoms with Crippen molar-refractivity contribution >= 4 is 15.9 Å². The van der Waals surface area contributed by atoms with E-state index in [1.807, 2.05) is 12.1 Å². The minimum atomic E-state index is -0.0283. The highest BCUT2D eigenvalue weighted by molar-refractivity contribution is 9.09. The van der Waals surface area contributed by atoms with Gasteiger partial charge in [-0.15, -0.1) is 0 Å². The molecule has 1 fully saturated rings. The Labute approximate surface area is 110 Å². The molecule has 0 saturated carbocycles. The molecule has 1 heterocycles. The van der Waals surface area contributed by atoms with Crippen molar-refractivity contribution in [3.63, 3.8) is 0 Å². The Morgan fingerprint density at radius 2 is 1.94 bits per heavy atom. The lowest BCUT2D eigenvalue weighted by Gasteiger charge is -2.23. The third-order valence-corrected chi connectivity index (χ3v) is 3.56. The van der Waals surface area contributed by atoms with E-state index in [4.69, 9.17) is 10.00 Å². The van der Waals surface area contributed by atoms with Crippen LogP contribution in [0.5, 0.6) is 0 Å². The van der Waals surface area contributed by atoms with Gasteiger partial charge < -0.3 is 4.74 Å². The minimum absolute atomic E-state index is 0.0283. The second-order valence-electron chi connectivity index (χ2n) is 3.91. The number of benzene rings is 1. The zero-order valence-corrected chi connectivity index (χ0v) is 10.9. The van der Waals surface area contributed by atoms with Crippen molar-refractivity contribution in [2.75, 3.05) is 6.61 Å². The summed E-state index contributed by atoms with van der Waals surface area (Å²) in [7, 11) is 0. The van der Waals surface area contributed by atoms with Gasteiger partial charge in [-0.1, -0.05) is 27.8 Å². The van der Waals surface area contributed by atoms with Crippen LogP contribution in [-0.2, 0) is 4.74 Å². The number of hydrogen-bond donors (Lipinski definition) is 0. The fourth-order valence-corrected chi connectivity index (χ4v) is 2.27. The second-order valence-corrected chi connectivity index (χ2v) is 5.08. The summed E-state index contributed by atoms with van der Waals surface area (Å²) in [5, 5.41) is 8.68. The number of hydrogen-bond acceptors (Lipinski definition) is 2. The van der Waals surface area contributed by atoms with Crippen molar-refractivity contribution in [2.45, 2.75) is 23.8 Å². The van der Waals surface area contributed by atoms with Gasteiger partial charge in [-0.2, -0.15) is 5.26 Å². The maximum Gasteiger partial charge on any atom is 0.131 e. The highest BCUT2D eigenvalue weighted by Gasteiger charge is 2.21. The summed E-state index contributed by atoms with van der Waals surface area (Å²) in [5.41, 5.74) is 1.57. The fraction of sp³-hybridized carbons (Fsp3) is 0.357. The first-order valence-electron chi connectivity index (χ1n) is 5.57. The van der Waals surface area contributed by atoms with Crippen LogP contribution >= 0.6 is 15.9 Å². The molecule has 1 aliphatic rings. The van der Waals surface area contributed by atoms with Crippen LogP contribution in [0.1, 0.15) is 24.0 Å².